The zero-order valence-electron chi connectivity index (χ0n) is 18.3. The van der Waals surface area contributed by atoms with Crippen LogP contribution in [-0.4, -0.2) is 72.1 Å². The number of morpholine rings is 1. The van der Waals surface area contributed by atoms with Gasteiger partial charge in [0.25, 0.3) is 5.91 Å². The van der Waals surface area contributed by atoms with Crippen molar-refractivity contribution >= 4 is 11.8 Å². The summed E-state index contributed by atoms with van der Waals surface area (Å²) >= 11 is 0. The van der Waals surface area contributed by atoms with Gasteiger partial charge >= 0.3 is 0 Å². The Kier molecular flexibility index (Phi) is 6.44. The minimum Gasteiger partial charge on any atom is -0.379 e. The summed E-state index contributed by atoms with van der Waals surface area (Å²) in [4.78, 5) is 31.0. The summed E-state index contributed by atoms with van der Waals surface area (Å²) in [7, 11) is 0. The number of likely N-dealkylation sites (tertiary alicyclic amines) is 1. The molecule has 1 aliphatic carbocycles. The summed E-state index contributed by atoms with van der Waals surface area (Å²) in [6.45, 7) is 8.15. The minimum atomic E-state index is -0.369. The van der Waals surface area contributed by atoms with Crippen LogP contribution in [0.2, 0.25) is 0 Å². The Balaban J connectivity index is 1.47. The Morgan fingerprint density at radius 3 is 2.53 bits per heavy atom. The Bertz CT molecular complexity index is 745. The van der Waals surface area contributed by atoms with Gasteiger partial charge in [0.05, 0.1) is 13.2 Å². The van der Waals surface area contributed by atoms with Gasteiger partial charge in [0.15, 0.2) is 0 Å². The smallest absolute Gasteiger partial charge is 0.254 e. The van der Waals surface area contributed by atoms with Crippen molar-refractivity contribution in [2.45, 2.75) is 63.6 Å². The van der Waals surface area contributed by atoms with Crippen molar-refractivity contribution in [3.63, 3.8) is 0 Å². The number of nitrogens with zero attached hydrogens (tertiary/aromatic N) is 2. The lowest BCUT2D eigenvalue weighted by molar-refractivity contribution is -0.126. The summed E-state index contributed by atoms with van der Waals surface area (Å²) in [5.74, 6) is 0.432. The lowest BCUT2D eigenvalue weighted by Gasteiger charge is -2.41. The van der Waals surface area contributed by atoms with Crippen molar-refractivity contribution in [3.05, 3.63) is 35.9 Å². The van der Waals surface area contributed by atoms with Crippen LogP contribution in [0.3, 0.4) is 0 Å². The van der Waals surface area contributed by atoms with E-state index in [0.717, 1.165) is 52.0 Å². The molecule has 3 fully saturated rings. The van der Waals surface area contributed by atoms with E-state index in [4.69, 9.17) is 4.74 Å². The van der Waals surface area contributed by atoms with Crippen LogP contribution < -0.4 is 5.32 Å². The Morgan fingerprint density at radius 1 is 1.10 bits per heavy atom. The highest BCUT2D eigenvalue weighted by atomic mass is 16.5. The number of hydrogen-bond acceptors (Lipinski definition) is 4. The number of carbonyl (C=O) groups is 2. The molecule has 2 saturated heterocycles. The zero-order valence-corrected chi connectivity index (χ0v) is 18.3. The van der Waals surface area contributed by atoms with Crippen LogP contribution in [0, 0.1) is 5.92 Å². The third-order valence-electron chi connectivity index (χ3n) is 7.21. The number of benzene rings is 1. The molecule has 2 aliphatic heterocycles. The number of carbonyl (C=O) groups excluding carboxylic acids is 2. The van der Waals surface area contributed by atoms with Gasteiger partial charge in [-0.1, -0.05) is 31.0 Å². The number of fused-ring (bicyclic) bond motifs is 1. The largest absolute Gasteiger partial charge is 0.379 e. The fourth-order valence-corrected chi connectivity index (χ4v) is 5.42. The van der Waals surface area contributed by atoms with Crippen molar-refractivity contribution in [3.8, 4) is 0 Å². The molecule has 6 nitrogen and oxygen atoms in total. The number of amides is 2. The maximum absolute atomic E-state index is 13.4. The van der Waals surface area contributed by atoms with Crippen molar-refractivity contribution in [2.75, 3.05) is 32.8 Å². The molecule has 2 heterocycles. The lowest BCUT2D eigenvalue weighted by atomic mass is 9.84. The molecular formula is C24H35N3O3. The molecular weight excluding hydrogens is 378 g/mol. The van der Waals surface area contributed by atoms with E-state index >= 15 is 0 Å². The standard InChI is InChI=1S/C24H35N3O3/c1-24(2,26-12-14-30-15-13-26)17-25-22(28)21-16-19-10-6-7-11-20(19)27(21)23(29)18-8-4-3-5-9-18/h3-5,8-9,19-21H,6-7,10-17H2,1-2H3,(H,25,28). The molecule has 0 spiro atoms. The predicted octanol–water partition coefficient (Wildman–Crippen LogP) is 2.69. The molecule has 30 heavy (non-hydrogen) atoms. The second-order valence-electron chi connectivity index (χ2n) is 9.57. The van der Waals surface area contributed by atoms with E-state index in [2.05, 4.69) is 24.1 Å². The first-order valence-electron chi connectivity index (χ1n) is 11.5. The van der Waals surface area contributed by atoms with Gasteiger partial charge in [-0.05, 0) is 51.2 Å². The van der Waals surface area contributed by atoms with Crippen molar-refractivity contribution in [1.82, 2.24) is 15.1 Å². The van der Waals surface area contributed by atoms with Crippen LogP contribution >= 0.6 is 0 Å². The lowest BCUT2D eigenvalue weighted by Crippen LogP contribution is -2.57. The zero-order chi connectivity index (χ0) is 21.1. The highest BCUT2D eigenvalue weighted by Gasteiger charge is 2.47. The molecule has 164 valence electrons. The van der Waals surface area contributed by atoms with Gasteiger partial charge in [-0.25, -0.2) is 0 Å². The molecule has 3 aliphatic rings. The molecule has 1 saturated carbocycles. The van der Waals surface area contributed by atoms with E-state index in [0.29, 0.717) is 18.0 Å². The minimum absolute atomic E-state index is 0.00223. The summed E-state index contributed by atoms with van der Waals surface area (Å²) in [6.07, 6.45) is 5.25. The van der Waals surface area contributed by atoms with Crippen molar-refractivity contribution in [2.24, 2.45) is 5.92 Å². The van der Waals surface area contributed by atoms with Gasteiger partial charge in [0.2, 0.25) is 5.91 Å². The predicted molar refractivity (Wildman–Crippen MR) is 116 cm³/mol. The topological polar surface area (TPSA) is 61.9 Å². The first kappa shape index (κ1) is 21.3. The SMILES string of the molecule is CC(C)(CNC(=O)C1CC2CCCCC2N1C(=O)c1ccccc1)N1CCOCC1. The number of rotatable bonds is 5. The van der Waals surface area contributed by atoms with Crippen LogP contribution in [-0.2, 0) is 9.53 Å². The molecule has 2 amide bonds. The van der Waals surface area contributed by atoms with Gasteiger partial charge in [-0.3, -0.25) is 14.5 Å². The van der Waals surface area contributed by atoms with E-state index < -0.39 is 0 Å². The fourth-order valence-electron chi connectivity index (χ4n) is 5.42. The first-order chi connectivity index (χ1) is 14.5. The summed E-state index contributed by atoms with van der Waals surface area (Å²) in [5.41, 5.74) is 0.536. The van der Waals surface area contributed by atoms with E-state index in [-0.39, 0.29) is 29.4 Å². The van der Waals surface area contributed by atoms with Crippen LogP contribution in [0.5, 0.6) is 0 Å². The molecule has 0 radical (unpaired) electrons. The first-order valence-corrected chi connectivity index (χ1v) is 11.5. The maximum atomic E-state index is 13.4. The number of ether oxygens (including phenoxy) is 1. The average molecular weight is 414 g/mol. The van der Waals surface area contributed by atoms with Gasteiger partial charge in [-0.15, -0.1) is 0 Å². The Morgan fingerprint density at radius 2 is 1.80 bits per heavy atom. The van der Waals surface area contributed by atoms with Gasteiger partial charge in [0, 0.05) is 36.8 Å². The quantitative estimate of drug-likeness (QED) is 0.806. The second kappa shape index (κ2) is 9.06. The van der Waals surface area contributed by atoms with Gasteiger partial charge < -0.3 is 15.0 Å². The molecule has 3 unspecified atom stereocenters. The van der Waals surface area contributed by atoms with E-state index in [1.54, 1.807) is 0 Å². The van der Waals surface area contributed by atoms with Crippen LogP contribution in [0.15, 0.2) is 30.3 Å². The highest BCUT2D eigenvalue weighted by Crippen LogP contribution is 2.40. The molecule has 4 rings (SSSR count). The molecule has 1 N–H and O–H groups in total. The third kappa shape index (κ3) is 4.40. The fraction of sp³-hybridized carbons (Fsp3) is 0.667. The van der Waals surface area contributed by atoms with Crippen molar-refractivity contribution in [1.29, 1.82) is 0 Å². The Hall–Kier alpha value is -1.92. The van der Waals surface area contributed by atoms with Crippen LogP contribution in [0.25, 0.3) is 0 Å². The van der Waals surface area contributed by atoms with Gasteiger partial charge in [0.1, 0.15) is 6.04 Å². The summed E-state index contributed by atoms with van der Waals surface area (Å²) in [5, 5.41) is 3.19. The molecule has 0 aromatic heterocycles. The van der Waals surface area contributed by atoms with Gasteiger partial charge in [-0.2, -0.15) is 0 Å². The molecule has 0 bridgehead atoms. The molecule has 6 heteroatoms. The van der Waals surface area contributed by atoms with E-state index in [9.17, 15) is 9.59 Å². The molecule has 3 atom stereocenters. The maximum Gasteiger partial charge on any atom is 0.254 e. The van der Waals surface area contributed by atoms with E-state index in [1.165, 1.54) is 6.42 Å². The molecule has 1 aromatic carbocycles. The normalized spacial score (nSPS) is 27.5. The van der Waals surface area contributed by atoms with Crippen LogP contribution in [0.4, 0.5) is 0 Å². The van der Waals surface area contributed by atoms with E-state index in [1.807, 2.05) is 35.2 Å². The monoisotopic (exact) mass is 413 g/mol. The highest BCUT2D eigenvalue weighted by molar-refractivity contribution is 5.98. The second-order valence-corrected chi connectivity index (χ2v) is 9.57. The summed E-state index contributed by atoms with van der Waals surface area (Å²) in [6, 6.07) is 9.23. The number of hydrogen-bond donors (Lipinski definition) is 1. The van der Waals surface area contributed by atoms with Crippen molar-refractivity contribution < 1.29 is 14.3 Å². The number of nitrogens with one attached hydrogen (secondary N) is 1. The van der Waals surface area contributed by atoms with Crippen LogP contribution in [0.1, 0.15) is 56.3 Å². The third-order valence-corrected chi connectivity index (χ3v) is 7.21. The Labute approximate surface area is 179 Å². The summed E-state index contributed by atoms with van der Waals surface area (Å²) < 4.78 is 5.47. The average Bonchev–Trinajstić information content (AvgIpc) is 3.18. The molecule has 1 aromatic rings.